The van der Waals surface area contributed by atoms with Gasteiger partial charge in [0.15, 0.2) is 5.70 Å². The minimum Gasteiger partial charge on any atom is -0.402 e. The lowest BCUT2D eigenvalue weighted by molar-refractivity contribution is -0.129. The van der Waals surface area contributed by atoms with Gasteiger partial charge >= 0.3 is 5.97 Å². The monoisotopic (exact) mass is 392 g/mol. The Kier molecular flexibility index (Phi) is 4.52. The highest BCUT2D eigenvalue weighted by Crippen LogP contribution is 2.27. The van der Waals surface area contributed by atoms with Gasteiger partial charge in [0, 0.05) is 34.8 Å². The molecule has 0 unspecified atom stereocenters. The first-order valence-corrected chi connectivity index (χ1v) is 9.89. The van der Waals surface area contributed by atoms with Crippen molar-refractivity contribution < 1.29 is 9.53 Å². The molecule has 5 rings (SSSR count). The maximum Gasteiger partial charge on any atom is 0.363 e. The normalized spacial score (nSPS) is 14.9. The fraction of sp³-hybridized carbons (Fsp3) is 0.0769. The van der Waals surface area contributed by atoms with Gasteiger partial charge in [-0.15, -0.1) is 0 Å². The molecule has 0 saturated heterocycles. The van der Waals surface area contributed by atoms with Crippen LogP contribution in [-0.4, -0.2) is 16.4 Å². The Morgan fingerprint density at radius 3 is 2.47 bits per heavy atom. The first-order valence-electron chi connectivity index (χ1n) is 9.89. The van der Waals surface area contributed by atoms with E-state index in [1.54, 1.807) is 0 Å². The van der Waals surface area contributed by atoms with Crippen LogP contribution < -0.4 is 0 Å². The van der Waals surface area contributed by atoms with Gasteiger partial charge in [0.05, 0.1) is 0 Å². The third-order valence-electron chi connectivity index (χ3n) is 5.23. The molecule has 0 fully saturated rings. The van der Waals surface area contributed by atoms with E-state index in [1.807, 2.05) is 67.6 Å². The van der Waals surface area contributed by atoms with E-state index in [-0.39, 0.29) is 0 Å². The summed E-state index contributed by atoms with van der Waals surface area (Å²) in [6, 6.07) is 26.3. The Balaban J connectivity index is 1.54. The van der Waals surface area contributed by atoms with Crippen LogP contribution in [0.3, 0.4) is 0 Å². The molecule has 0 atom stereocenters. The predicted molar refractivity (Wildman–Crippen MR) is 119 cm³/mol. The number of aliphatic imine (C=N–C) groups is 1. The van der Waals surface area contributed by atoms with Crippen molar-refractivity contribution in [1.29, 1.82) is 0 Å². The second-order valence-electron chi connectivity index (χ2n) is 7.42. The quantitative estimate of drug-likeness (QED) is 0.347. The van der Waals surface area contributed by atoms with Gasteiger partial charge in [-0.3, -0.25) is 0 Å². The Morgan fingerprint density at radius 1 is 0.933 bits per heavy atom. The molecule has 0 aliphatic carbocycles. The van der Waals surface area contributed by atoms with Crippen LogP contribution in [0, 0.1) is 6.92 Å². The molecule has 146 valence electrons. The van der Waals surface area contributed by atoms with Crippen molar-refractivity contribution in [3.05, 3.63) is 113 Å². The van der Waals surface area contributed by atoms with Crippen LogP contribution in [0.5, 0.6) is 0 Å². The van der Waals surface area contributed by atoms with E-state index >= 15 is 0 Å². The Hall–Kier alpha value is -3.92. The summed E-state index contributed by atoms with van der Waals surface area (Å²) in [6.07, 6.45) is 3.88. The molecule has 0 spiro atoms. The summed E-state index contributed by atoms with van der Waals surface area (Å²) in [5, 5.41) is 1.08. The van der Waals surface area contributed by atoms with E-state index in [0.29, 0.717) is 11.6 Å². The number of aryl methyl sites for hydroxylation is 1. The van der Waals surface area contributed by atoms with Crippen molar-refractivity contribution in [2.75, 3.05) is 0 Å². The van der Waals surface area contributed by atoms with Crippen molar-refractivity contribution in [2.45, 2.75) is 13.5 Å². The number of benzene rings is 3. The lowest BCUT2D eigenvalue weighted by Crippen LogP contribution is -2.05. The number of carbonyl (C=O) groups excluding carboxylic acids is 1. The molecule has 4 heteroatoms. The minimum absolute atomic E-state index is 0.313. The van der Waals surface area contributed by atoms with Crippen LogP contribution in [0.15, 0.2) is 95.7 Å². The average molecular weight is 392 g/mol. The zero-order chi connectivity index (χ0) is 20.5. The van der Waals surface area contributed by atoms with Gasteiger partial charge in [0.25, 0.3) is 0 Å². The first kappa shape index (κ1) is 18.1. The van der Waals surface area contributed by atoms with Crippen LogP contribution in [0.1, 0.15) is 22.3 Å². The standard InChI is InChI=1S/C26H20N2O2/c1-18-11-13-20(14-12-18)25-27-23(26(29)30-25)15-21-17-28(16-19-7-3-2-4-8-19)24-10-6-5-9-22(21)24/h2-15,17H,16H2,1H3. The number of hydrogen-bond acceptors (Lipinski definition) is 3. The maximum absolute atomic E-state index is 12.5. The van der Waals surface area contributed by atoms with Crippen LogP contribution in [0.25, 0.3) is 17.0 Å². The molecule has 1 aromatic heterocycles. The van der Waals surface area contributed by atoms with Gasteiger partial charge in [-0.1, -0.05) is 66.2 Å². The lowest BCUT2D eigenvalue weighted by Gasteiger charge is -2.05. The third kappa shape index (κ3) is 3.44. The van der Waals surface area contributed by atoms with E-state index in [1.165, 1.54) is 5.56 Å². The Labute approximate surface area is 174 Å². The van der Waals surface area contributed by atoms with E-state index in [0.717, 1.165) is 34.1 Å². The molecular weight excluding hydrogens is 372 g/mol. The van der Waals surface area contributed by atoms with Gasteiger partial charge in [-0.2, -0.15) is 0 Å². The minimum atomic E-state index is -0.425. The molecule has 0 radical (unpaired) electrons. The molecule has 2 heterocycles. The molecule has 1 aliphatic heterocycles. The predicted octanol–water partition coefficient (Wildman–Crippen LogP) is 5.34. The summed E-state index contributed by atoms with van der Waals surface area (Å²) in [4.78, 5) is 16.9. The SMILES string of the molecule is Cc1ccc(C2=NC(=Cc3cn(Cc4ccccc4)c4ccccc34)C(=O)O2)cc1. The number of carbonyl (C=O) groups is 1. The number of rotatable bonds is 4. The molecule has 4 aromatic rings. The number of aromatic nitrogens is 1. The number of fused-ring (bicyclic) bond motifs is 1. The van der Waals surface area contributed by atoms with Crippen LogP contribution in [-0.2, 0) is 16.1 Å². The summed E-state index contributed by atoms with van der Waals surface area (Å²) in [7, 11) is 0. The van der Waals surface area contributed by atoms with E-state index in [4.69, 9.17) is 4.74 Å². The summed E-state index contributed by atoms with van der Waals surface area (Å²) < 4.78 is 7.62. The summed E-state index contributed by atoms with van der Waals surface area (Å²) >= 11 is 0. The fourth-order valence-corrected chi connectivity index (χ4v) is 3.68. The Morgan fingerprint density at radius 2 is 1.67 bits per heavy atom. The largest absolute Gasteiger partial charge is 0.402 e. The second-order valence-corrected chi connectivity index (χ2v) is 7.42. The molecule has 1 aliphatic rings. The molecule has 30 heavy (non-hydrogen) atoms. The first-order chi connectivity index (χ1) is 14.7. The third-order valence-corrected chi connectivity index (χ3v) is 5.23. The van der Waals surface area contributed by atoms with E-state index in [9.17, 15) is 4.79 Å². The van der Waals surface area contributed by atoms with Crippen molar-refractivity contribution in [3.8, 4) is 0 Å². The lowest BCUT2D eigenvalue weighted by atomic mass is 10.1. The zero-order valence-electron chi connectivity index (χ0n) is 16.6. The molecule has 0 amide bonds. The Bertz CT molecular complexity index is 1300. The number of ether oxygens (including phenoxy) is 1. The summed E-state index contributed by atoms with van der Waals surface area (Å²) in [5.74, 6) is -0.0789. The van der Waals surface area contributed by atoms with E-state index in [2.05, 4.69) is 40.0 Å². The van der Waals surface area contributed by atoms with Crippen molar-refractivity contribution in [3.63, 3.8) is 0 Å². The number of nitrogens with zero attached hydrogens (tertiary/aromatic N) is 2. The smallest absolute Gasteiger partial charge is 0.363 e. The molecule has 0 N–H and O–H groups in total. The molecule has 0 saturated carbocycles. The highest BCUT2D eigenvalue weighted by Gasteiger charge is 2.24. The molecular formula is C26H20N2O2. The summed E-state index contributed by atoms with van der Waals surface area (Å²) in [5.41, 5.74) is 5.53. The van der Waals surface area contributed by atoms with E-state index < -0.39 is 5.97 Å². The van der Waals surface area contributed by atoms with Gasteiger partial charge in [-0.05, 0) is 36.8 Å². The van der Waals surface area contributed by atoms with Crippen LogP contribution in [0.4, 0.5) is 0 Å². The topological polar surface area (TPSA) is 43.6 Å². The second kappa shape index (κ2) is 7.48. The van der Waals surface area contributed by atoms with Crippen molar-refractivity contribution >= 4 is 28.8 Å². The van der Waals surface area contributed by atoms with Crippen molar-refractivity contribution in [2.24, 2.45) is 4.99 Å². The molecule has 0 bridgehead atoms. The average Bonchev–Trinajstić information content (AvgIpc) is 3.30. The molecule has 3 aromatic carbocycles. The number of para-hydroxylation sites is 1. The highest BCUT2D eigenvalue weighted by molar-refractivity contribution is 6.13. The van der Waals surface area contributed by atoms with Gasteiger partial charge in [-0.25, -0.2) is 9.79 Å². The summed E-state index contributed by atoms with van der Waals surface area (Å²) in [6.45, 7) is 2.77. The van der Waals surface area contributed by atoms with Crippen molar-refractivity contribution in [1.82, 2.24) is 4.57 Å². The zero-order valence-corrected chi connectivity index (χ0v) is 16.6. The number of esters is 1. The van der Waals surface area contributed by atoms with Crippen LogP contribution in [0.2, 0.25) is 0 Å². The van der Waals surface area contributed by atoms with Crippen LogP contribution >= 0.6 is 0 Å². The fourth-order valence-electron chi connectivity index (χ4n) is 3.68. The van der Waals surface area contributed by atoms with Gasteiger partial charge in [0.2, 0.25) is 5.90 Å². The molecule has 4 nitrogen and oxygen atoms in total. The van der Waals surface area contributed by atoms with Gasteiger partial charge < -0.3 is 9.30 Å². The highest BCUT2D eigenvalue weighted by atomic mass is 16.6. The number of cyclic esters (lactones) is 1. The number of hydrogen-bond donors (Lipinski definition) is 0. The maximum atomic E-state index is 12.5. The van der Waals surface area contributed by atoms with Gasteiger partial charge in [0.1, 0.15) is 0 Å².